The van der Waals surface area contributed by atoms with Gasteiger partial charge in [-0.2, -0.15) is 0 Å². The Bertz CT molecular complexity index is 692. The third-order valence-electron chi connectivity index (χ3n) is 2.51. The Morgan fingerprint density at radius 2 is 2.09 bits per heavy atom. The normalized spacial score (nSPS) is 10.2. The number of nitrogens with zero attached hydrogens (tertiary/aromatic N) is 2. The van der Waals surface area contributed by atoms with Crippen LogP contribution in [0, 0.1) is 0 Å². The predicted octanol–water partition coefficient (Wildman–Crippen LogP) is 2.31. The molecule has 1 aromatic carbocycles. The number of para-hydroxylation sites is 1. The number of carbonyl (C=O) groups excluding carboxylic acids is 2. The largest absolute Gasteiger partial charge is 0.482 e. The minimum atomic E-state index is -0.399. The van der Waals surface area contributed by atoms with E-state index in [-0.39, 0.29) is 24.1 Å². The van der Waals surface area contributed by atoms with Crippen LogP contribution in [0.1, 0.15) is 11.9 Å². The van der Waals surface area contributed by atoms with Crippen molar-refractivity contribution in [2.45, 2.75) is 13.3 Å². The van der Waals surface area contributed by atoms with Crippen molar-refractivity contribution < 1.29 is 19.1 Å². The first-order valence-electron chi connectivity index (χ1n) is 6.73. The molecule has 0 unspecified atom stereocenters. The zero-order valence-electron chi connectivity index (χ0n) is 12.2. The number of carbonyl (C=O) groups is 2. The van der Waals surface area contributed by atoms with E-state index in [4.69, 9.17) is 21.1 Å². The maximum Gasteiger partial charge on any atom is 0.312 e. The summed E-state index contributed by atoms with van der Waals surface area (Å²) in [6.07, 6.45) is 0.0253. The molecule has 0 saturated heterocycles. The molecule has 2 aromatic rings. The van der Waals surface area contributed by atoms with Crippen LogP contribution < -0.4 is 10.1 Å². The molecule has 0 atom stereocenters. The number of anilines is 1. The number of ether oxygens (including phenoxy) is 2. The predicted molar refractivity (Wildman–Crippen MR) is 85.8 cm³/mol. The molecule has 1 N–H and O–H groups in total. The van der Waals surface area contributed by atoms with Crippen molar-refractivity contribution in [3.05, 3.63) is 34.3 Å². The second kappa shape index (κ2) is 8.44. The molecule has 2 rings (SSSR count). The molecule has 122 valence electrons. The van der Waals surface area contributed by atoms with Crippen LogP contribution in [-0.4, -0.2) is 35.3 Å². The number of aromatic nitrogens is 2. The number of amides is 1. The summed E-state index contributed by atoms with van der Waals surface area (Å²) in [5, 5.41) is 11.3. The summed E-state index contributed by atoms with van der Waals surface area (Å²) in [6, 6.07) is 6.85. The van der Waals surface area contributed by atoms with Gasteiger partial charge < -0.3 is 9.47 Å². The Morgan fingerprint density at radius 3 is 2.83 bits per heavy atom. The van der Waals surface area contributed by atoms with Crippen molar-refractivity contribution in [2.24, 2.45) is 0 Å². The minimum Gasteiger partial charge on any atom is -0.482 e. The molecule has 7 nitrogen and oxygen atoms in total. The lowest BCUT2D eigenvalue weighted by molar-refractivity contribution is -0.142. The van der Waals surface area contributed by atoms with Crippen molar-refractivity contribution in [1.29, 1.82) is 0 Å². The molecule has 0 spiro atoms. The average Bonchev–Trinajstić information content (AvgIpc) is 2.93. The molecule has 1 amide bonds. The highest BCUT2D eigenvalue weighted by atomic mass is 35.5. The Kier molecular flexibility index (Phi) is 6.30. The van der Waals surface area contributed by atoms with Gasteiger partial charge in [-0.3, -0.25) is 14.9 Å². The smallest absolute Gasteiger partial charge is 0.312 e. The lowest BCUT2D eigenvalue weighted by Crippen LogP contribution is -2.20. The number of hydrogen-bond donors (Lipinski definition) is 1. The first kappa shape index (κ1) is 17.2. The monoisotopic (exact) mass is 355 g/mol. The van der Waals surface area contributed by atoms with E-state index in [2.05, 4.69) is 15.5 Å². The standard InChI is InChI=1S/C14H14ClN3O4S/c1-2-21-13(20)7-12-17-18-14(23-12)16-11(19)8-22-10-6-4-3-5-9(10)15/h3-6H,2,7-8H2,1H3,(H,16,18,19). The van der Waals surface area contributed by atoms with Crippen molar-refractivity contribution >= 4 is 39.9 Å². The third-order valence-corrected chi connectivity index (χ3v) is 3.66. The van der Waals surface area contributed by atoms with E-state index in [0.29, 0.717) is 22.4 Å². The molecular weight excluding hydrogens is 342 g/mol. The van der Waals surface area contributed by atoms with Gasteiger partial charge in [-0.25, -0.2) is 0 Å². The van der Waals surface area contributed by atoms with Crippen molar-refractivity contribution in [1.82, 2.24) is 10.2 Å². The van der Waals surface area contributed by atoms with Gasteiger partial charge in [0.15, 0.2) is 6.61 Å². The quantitative estimate of drug-likeness (QED) is 0.766. The highest BCUT2D eigenvalue weighted by molar-refractivity contribution is 7.15. The Morgan fingerprint density at radius 1 is 1.30 bits per heavy atom. The van der Waals surface area contributed by atoms with Gasteiger partial charge in [-0.05, 0) is 19.1 Å². The van der Waals surface area contributed by atoms with Gasteiger partial charge in [0.05, 0.1) is 18.1 Å². The summed E-state index contributed by atoms with van der Waals surface area (Å²) in [5.41, 5.74) is 0. The fraction of sp³-hybridized carbons (Fsp3) is 0.286. The molecule has 0 radical (unpaired) electrons. The fourth-order valence-electron chi connectivity index (χ4n) is 1.57. The molecule has 1 aromatic heterocycles. The number of esters is 1. The zero-order chi connectivity index (χ0) is 16.7. The molecular formula is C14H14ClN3O4S. The van der Waals surface area contributed by atoms with Crippen LogP contribution in [0.3, 0.4) is 0 Å². The molecule has 0 fully saturated rings. The van der Waals surface area contributed by atoms with Crippen molar-refractivity contribution in [3.8, 4) is 5.75 Å². The van der Waals surface area contributed by atoms with Crippen molar-refractivity contribution in [3.63, 3.8) is 0 Å². The van der Waals surface area contributed by atoms with E-state index in [9.17, 15) is 9.59 Å². The lowest BCUT2D eigenvalue weighted by atomic mass is 10.3. The fourth-order valence-corrected chi connectivity index (χ4v) is 2.50. The molecule has 23 heavy (non-hydrogen) atoms. The summed E-state index contributed by atoms with van der Waals surface area (Å²) in [5.74, 6) is -0.364. The van der Waals surface area contributed by atoms with Crippen LogP contribution in [0.4, 0.5) is 5.13 Å². The summed E-state index contributed by atoms with van der Waals surface area (Å²) in [7, 11) is 0. The second-order valence-corrected chi connectivity index (χ2v) is 5.72. The minimum absolute atomic E-state index is 0.0253. The number of halogens is 1. The maximum absolute atomic E-state index is 11.8. The first-order chi connectivity index (χ1) is 11.1. The van der Waals surface area contributed by atoms with Gasteiger partial charge in [0, 0.05) is 0 Å². The molecule has 0 aliphatic carbocycles. The van der Waals surface area contributed by atoms with Gasteiger partial charge >= 0.3 is 5.97 Å². The van der Waals surface area contributed by atoms with Crippen LogP contribution in [0.15, 0.2) is 24.3 Å². The van der Waals surface area contributed by atoms with Crippen LogP contribution in [0.2, 0.25) is 5.02 Å². The van der Waals surface area contributed by atoms with Crippen LogP contribution in [0.5, 0.6) is 5.75 Å². The third kappa shape index (κ3) is 5.50. The molecule has 9 heteroatoms. The Hall–Kier alpha value is -2.19. The maximum atomic E-state index is 11.8. The van der Waals surface area contributed by atoms with E-state index >= 15 is 0 Å². The second-order valence-electron chi connectivity index (χ2n) is 4.25. The highest BCUT2D eigenvalue weighted by Crippen LogP contribution is 2.23. The molecule has 0 saturated carbocycles. The van der Waals surface area contributed by atoms with E-state index in [0.717, 1.165) is 11.3 Å². The van der Waals surface area contributed by atoms with Gasteiger partial charge in [-0.1, -0.05) is 35.1 Å². The Balaban J connectivity index is 1.82. The van der Waals surface area contributed by atoms with Gasteiger partial charge in [-0.15, -0.1) is 10.2 Å². The van der Waals surface area contributed by atoms with Crippen LogP contribution in [-0.2, 0) is 20.7 Å². The first-order valence-corrected chi connectivity index (χ1v) is 7.93. The van der Waals surface area contributed by atoms with Gasteiger partial charge in [0.1, 0.15) is 10.8 Å². The lowest BCUT2D eigenvalue weighted by Gasteiger charge is -2.06. The van der Waals surface area contributed by atoms with E-state index in [1.165, 1.54) is 0 Å². The molecule has 0 aliphatic heterocycles. The topological polar surface area (TPSA) is 90.4 Å². The Labute approximate surface area is 141 Å². The molecule has 0 bridgehead atoms. The summed E-state index contributed by atoms with van der Waals surface area (Å²) >= 11 is 7.03. The van der Waals surface area contributed by atoms with Gasteiger partial charge in [0.2, 0.25) is 5.13 Å². The van der Waals surface area contributed by atoms with Gasteiger partial charge in [0.25, 0.3) is 5.91 Å². The summed E-state index contributed by atoms with van der Waals surface area (Å²) in [4.78, 5) is 23.1. The van der Waals surface area contributed by atoms with Crippen molar-refractivity contribution in [2.75, 3.05) is 18.5 Å². The van der Waals surface area contributed by atoms with E-state index < -0.39 is 5.91 Å². The number of hydrogen-bond acceptors (Lipinski definition) is 7. The average molecular weight is 356 g/mol. The van der Waals surface area contributed by atoms with E-state index in [1.54, 1.807) is 31.2 Å². The number of nitrogens with one attached hydrogen (secondary N) is 1. The highest BCUT2D eigenvalue weighted by Gasteiger charge is 2.12. The number of benzene rings is 1. The summed E-state index contributed by atoms with van der Waals surface area (Å²) in [6.45, 7) is 1.82. The summed E-state index contributed by atoms with van der Waals surface area (Å²) < 4.78 is 10.1. The number of rotatable bonds is 7. The zero-order valence-corrected chi connectivity index (χ0v) is 13.8. The molecule has 1 heterocycles. The molecule has 0 aliphatic rings. The SMILES string of the molecule is CCOC(=O)Cc1nnc(NC(=O)COc2ccccc2Cl)s1. The van der Waals surface area contributed by atoms with Crippen LogP contribution >= 0.6 is 22.9 Å². The van der Waals surface area contributed by atoms with E-state index in [1.807, 2.05) is 0 Å². The van der Waals surface area contributed by atoms with Crippen LogP contribution in [0.25, 0.3) is 0 Å².